The lowest BCUT2D eigenvalue weighted by Gasteiger charge is -2.27. The molecule has 1 aromatic rings. The van der Waals surface area contributed by atoms with Gasteiger partial charge >= 0.3 is 0 Å². The Morgan fingerprint density at radius 2 is 2.23 bits per heavy atom. The molecule has 2 rings (SSSR count). The van der Waals surface area contributed by atoms with Crippen molar-refractivity contribution in [2.24, 2.45) is 0 Å². The van der Waals surface area contributed by atoms with Crippen LogP contribution in [0, 0.1) is 0 Å². The molecule has 5 heteroatoms. The van der Waals surface area contributed by atoms with Crippen LogP contribution < -0.4 is 10.1 Å². The van der Waals surface area contributed by atoms with Crippen molar-refractivity contribution in [1.29, 1.82) is 0 Å². The highest BCUT2D eigenvalue weighted by Crippen LogP contribution is 2.14. The van der Waals surface area contributed by atoms with E-state index in [9.17, 15) is 0 Å². The molecule has 0 amide bonds. The maximum absolute atomic E-state index is 5.51. The van der Waals surface area contributed by atoms with Crippen molar-refractivity contribution >= 4 is 28.3 Å². The van der Waals surface area contributed by atoms with Gasteiger partial charge in [-0.2, -0.15) is 0 Å². The zero-order valence-corrected chi connectivity index (χ0v) is 9.27. The first-order valence-corrected chi connectivity index (χ1v) is 4.63. The molecule has 0 atom stereocenters. The minimum absolute atomic E-state index is 0. The van der Waals surface area contributed by atoms with Crippen LogP contribution in [0.25, 0.3) is 0 Å². The van der Waals surface area contributed by atoms with E-state index in [1.807, 2.05) is 12.1 Å². The third-order valence-electron chi connectivity index (χ3n) is 1.73. The molecule has 0 saturated carbocycles. The van der Waals surface area contributed by atoms with Gasteiger partial charge in [0.05, 0.1) is 0 Å². The highest BCUT2D eigenvalue weighted by Gasteiger charge is 2.18. The van der Waals surface area contributed by atoms with Crippen LogP contribution in [0.4, 0.5) is 0 Å². The van der Waals surface area contributed by atoms with Gasteiger partial charge in [-0.15, -0.1) is 12.4 Å². The number of nitrogens with one attached hydrogen (secondary N) is 1. The number of nitrogens with zero attached hydrogens (tertiary/aromatic N) is 1. The number of aromatic nitrogens is 1. The van der Waals surface area contributed by atoms with Gasteiger partial charge in [0.1, 0.15) is 6.10 Å². The Morgan fingerprint density at radius 1 is 1.46 bits per heavy atom. The first-order chi connectivity index (χ1) is 5.84. The Hall–Kier alpha value is -0.320. The highest BCUT2D eigenvalue weighted by molar-refractivity contribution is 9.10. The SMILES string of the molecule is Brc1ccc(OC2CNC2)nc1.Cl. The van der Waals surface area contributed by atoms with Crippen molar-refractivity contribution in [3.8, 4) is 5.88 Å². The second-order valence-corrected chi connectivity index (χ2v) is 3.63. The fraction of sp³-hybridized carbons (Fsp3) is 0.375. The third kappa shape index (κ3) is 2.83. The monoisotopic (exact) mass is 264 g/mol. The Kier molecular flexibility index (Phi) is 3.96. The number of hydrogen-bond donors (Lipinski definition) is 1. The Morgan fingerprint density at radius 3 is 2.69 bits per heavy atom. The van der Waals surface area contributed by atoms with Gasteiger partial charge in [-0.3, -0.25) is 0 Å². The van der Waals surface area contributed by atoms with Crippen LogP contribution >= 0.6 is 28.3 Å². The van der Waals surface area contributed by atoms with Crippen LogP contribution in [-0.4, -0.2) is 24.2 Å². The Labute approximate surface area is 91.4 Å². The lowest BCUT2D eigenvalue weighted by atomic mass is 10.2. The number of hydrogen-bond acceptors (Lipinski definition) is 3. The average molecular weight is 266 g/mol. The second kappa shape index (κ2) is 4.79. The van der Waals surface area contributed by atoms with E-state index >= 15 is 0 Å². The summed E-state index contributed by atoms with van der Waals surface area (Å²) < 4.78 is 6.48. The smallest absolute Gasteiger partial charge is 0.213 e. The molecule has 2 heterocycles. The molecule has 72 valence electrons. The minimum atomic E-state index is 0. The molecule has 0 radical (unpaired) electrons. The molecule has 13 heavy (non-hydrogen) atoms. The molecular weight excluding hydrogens is 255 g/mol. The lowest BCUT2D eigenvalue weighted by molar-refractivity contribution is 0.136. The molecule has 1 N–H and O–H groups in total. The molecule has 0 unspecified atom stereocenters. The summed E-state index contributed by atoms with van der Waals surface area (Å²) in [5.41, 5.74) is 0. The largest absolute Gasteiger partial charge is 0.472 e. The van der Waals surface area contributed by atoms with Crippen LogP contribution in [0.2, 0.25) is 0 Å². The summed E-state index contributed by atoms with van der Waals surface area (Å²) >= 11 is 3.31. The fourth-order valence-electron chi connectivity index (χ4n) is 0.948. The van der Waals surface area contributed by atoms with Crippen molar-refractivity contribution in [1.82, 2.24) is 10.3 Å². The molecule has 1 aliphatic heterocycles. The molecule has 1 saturated heterocycles. The van der Waals surface area contributed by atoms with E-state index in [-0.39, 0.29) is 12.4 Å². The molecule has 1 fully saturated rings. The van der Waals surface area contributed by atoms with Crippen LogP contribution in [-0.2, 0) is 0 Å². The zero-order chi connectivity index (χ0) is 8.39. The number of pyridine rings is 1. The van der Waals surface area contributed by atoms with Crippen LogP contribution in [0.1, 0.15) is 0 Å². The maximum Gasteiger partial charge on any atom is 0.213 e. The van der Waals surface area contributed by atoms with E-state index in [2.05, 4.69) is 26.2 Å². The Balaban J connectivity index is 0.000000845. The lowest BCUT2D eigenvalue weighted by Crippen LogP contribution is -2.50. The maximum atomic E-state index is 5.51. The number of rotatable bonds is 2. The van der Waals surface area contributed by atoms with Crippen LogP contribution in [0.3, 0.4) is 0 Å². The summed E-state index contributed by atoms with van der Waals surface area (Å²) in [6.45, 7) is 1.86. The van der Waals surface area contributed by atoms with Gasteiger partial charge in [0.15, 0.2) is 0 Å². The Bertz CT molecular complexity index is 263. The van der Waals surface area contributed by atoms with E-state index in [1.54, 1.807) is 6.20 Å². The molecular formula is C8H10BrClN2O. The number of ether oxygens (including phenoxy) is 1. The summed E-state index contributed by atoms with van der Waals surface area (Å²) in [7, 11) is 0. The van der Waals surface area contributed by atoms with E-state index < -0.39 is 0 Å². The van der Waals surface area contributed by atoms with Crippen LogP contribution in [0.15, 0.2) is 22.8 Å². The molecule has 0 aromatic carbocycles. The molecule has 0 spiro atoms. The standard InChI is InChI=1S/C8H9BrN2O.ClH/c9-6-1-2-8(11-3-6)12-7-4-10-5-7;/h1-3,7,10H,4-5H2;1H. The summed E-state index contributed by atoms with van der Waals surface area (Å²) in [5, 5.41) is 3.13. The first-order valence-electron chi connectivity index (χ1n) is 3.83. The zero-order valence-electron chi connectivity index (χ0n) is 6.87. The molecule has 1 aromatic heterocycles. The van der Waals surface area contributed by atoms with Gasteiger partial charge in [0, 0.05) is 29.8 Å². The number of halogens is 2. The third-order valence-corrected chi connectivity index (χ3v) is 2.20. The van der Waals surface area contributed by atoms with Crippen molar-refractivity contribution in [2.75, 3.05) is 13.1 Å². The molecule has 0 aliphatic carbocycles. The quantitative estimate of drug-likeness (QED) is 0.882. The fourth-order valence-corrected chi connectivity index (χ4v) is 1.18. The average Bonchev–Trinajstić information content (AvgIpc) is 2.00. The van der Waals surface area contributed by atoms with Gasteiger partial charge in [0.25, 0.3) is 0 Å². The summed E-state index contributed by atoms with van der Waals surface area (Å²) in [4.78, 5) is 4.10. The van der Waals surface area contributed by atoms with Gasteiger partial charge in [-0.25, -0.2) is 4.98 Å². The van der Waals surface area contributed by atoms with E-state index in [0.29, 0.717) is 12.0 Å². The molecule has 3 nitrogen and oxygen atoms in total. The summed E-state index contributed by atoms with van der Waals surface area (Å²) in [6.07, 6.45) is 2.04. The van der Waals surface area contributed by atoms with Gasteiger partial charge < -0.3 is 10.1 Å². The van der Waals surface area contributed by atoms with E-state index in [4.69, 9.17) is 4.74 Å². The summed E-state index contributed by atoms with van der Waals surface area (Å²) in [6, 6.07) is 3.79. The normalized spacial score (nSPS) is 15.8. The van der Waals surface area contributed by atoms with Crippen molar-refractivity contribution in [3.63, 3.8) is 0 Å². The van der Waals surface area contributed by atoms with Crippen molar-refractivity contribution in [2.45, 2.75) is 6.10 Å². The second-order valence-electron chi connectivity index (χ2n) is 2.71. The van der Waals surface area contributed by atoms with Crippen molar-refractivity contribution < 1.29 is 4.74 Å². The summed E-state index contributed by atoms with van der Waals surface area (Å²) in [5.74, 6) is 0.699. The van der Waals surface area contributed by atoms with E-state index in [0.717, 1.165) is 17.6 Å². The van der Waals surface area contributed by atoms with Gasteiger partial charge in [-0.1, -0.05) is 0 Å². The molecule has 0 bridgehead atoms. The van der Waals surface area contributed by atoms with Gasteiger partial charge in [-0.05, 0) is 22.0 Å². The minimum Gasteiger partial charge on any atom is -0.472 e. The molecule has 1 aliphatic rings. The highest BCUT2D eigenvalue weighted by atomic mass is 79.9. The van der Waals surface area contributed by atoms with Gasteiger partial charge in [0.2, 0.25) is 5.88 Å². The predicted molar refractivity (Wildman–Crippen MR) is 56.5 cm³/mol. The van der Waals surface area contributed by atoms with Crippen LogP contribution in [0.5, 0.6) is 5.88 Å². The predicted octanol–water partition coefficient (Wildman–Crippen LogP) is 1.62. The van der Waals surface area contributed by atoms with E-state index in [1.165, 1.54) is 0 Å². The van der Waals surface area contributed by atoms with Crippen molar-refractivity contribution in [3.05, 3.63) is 22.8 Å². The first kappa shape index (κ1) is 10.8. The topological polar surface area (TPSA) is 34.1 Å².